The summed E-state index contributed by atoms with van der Waals surface area (Å²) in [6, 6.07) is 1.02. The van der Waals surface area contributed by atoms with Gasteiger partial charge in [0.2, 0.25) is 0 Å². The molecule has 16 nitrogen and oxygen atoms in total. The van der Waals surface area contributed by atoms with Gasteiger partial charge in [0.1, 0.15) is 12.3 Å². The van der Waals surface area contributed by atoms with E-state index in [-0.39, 0.29) is 6.42 Å². The number of aromatic amines is 1. The van der Waals surface area contributed by atoms with Crippen LogP contribution < -0.4 is 11.2 Å². The summed E-state index contributed by atoms with van der Waals surface area (Å²) in [6.07, 6.45) is -2.74. The third-order valence-corrected chi connectivity index (χ3v) is 6.99. The SMILES string of the molecule is O=c1ccn([C@H]2C[C@H](O)[C@H](COP(=O)(O)OP(=O)(O)OP(=O)(O)O)O2)c(=O)[nH]1. The summed E-state index contributed by atoms with van der Waals surface area (Å²) in [7, 11) is -16.6. The predicted octanol–water partition coefficient (Wildman–Crippen LogP) is -1.47. The second-order valence-electron chi connectivity index (χ2n) is 5.34. The van der Waals surface area contributed by atoms with Gasteiger partial charge in [-0.2, -0.15) is 8.62 Å². The van der Waals surface area contributed by atoms with E-state index in [4.69, 9.17) is 19.4 Å². The number of aromatic nitrogens is 2. The van der Waals surface area contributed by atoms with E-state index < -0.39 is 59.8 Å². The lowest BCUT2D eigenvalue weighted by atomic mass is 10.2. The summed E-state index contributed by atoms with van der Waals surface area (Å²) in [5, 5.41) is 9.91. The van der Waals surface area contributed by atoms with Gasteiger partial charge in [0.25, 0.3) is 5.56 Å². The molecule has 1 fully saturated rings. The molecule has 19 heteroatoms. The van der Waals surface area contributed by atoms with Gasteiger partial charge in [-0.25, -0.2) is 18.5 Å². The number of rotatable bonds is 8. The summed E-state index contributed by atoms with van der Waals surface area (Å²) in [5.74, 6) is 0. The smallest absolute Gasteiger partial charge is 0.390 e. The summed E-state index contributed by atoms with van der Waals surface area (Å²) in [4.78, 5) is 60.0. The van der Waals surface area contributed by atoms with Crippen molar-refractivity contribution in [2.75, 3.05) is 6.61 Å². The molecule has 6 N–H and O–H groups in total. The Labute approximate surface area is 154 Å². The Balaban J connectivity index is 1.99. The van der Waals surface area contributed by atoms with Gasteiger partial charge in [-0.15, -0.1) is 0 Å². The number of aliphatic hydroxyl groups excluding tert-OH is 1. The number of aliphatic hydroxyl groups is 1. The number of H-pyrrole nitrogens is 1. The van der Waals surface area contributed by atoms with Crippen LogP contribution in [-0.4, -0.2) is 53.0 Å². The lowest BCUT2D eigenvalue weighted by Crippen LogP contribution is -2.31. The summed E-state index contributed by atoms with van der Waals surface area (Å²) >= 11 is 0. The largest absolute Gasteiger partial charge is 0.490 e. The minimum Gasteiger partial charge on any atom is -0.390 e. The second-order valence-corrected chi connectivity index (χ2v) is 9.76. The molecule has 1 aromatic heterocycles. The molecule has 0 radical (unpaired) electrons. The maximum absolute atomic E-state index is 11.7. The number of hydrogen-bond donors (Lipinski definition) is 6. The fraction of sp³-hybridized carbons (Fsp3) is 0.556. The van der Waals surface area contributed by atoms with Gasteiger partial charge in [0.15, 0.2) is 0 Å². The molecule has 1 aromatic rings. The maximum Gasteiger partial charge on any atom is 0.490 e. The first-order valence-electron chi connectivity index (χ1n) is 7.11. The van der Waals surface area contributed by atoms with E-state index in [1.165, 1.54) is 0 Å². The third kappa shape index (κ3) is 6.81. The van der Waals surface area contributed by atoms with Crippen LogP contribution in [0.4, 0.5) is 0 Å². The van der Waals surface area contributed by atoms with Crippen molar-refractivity contribution in [2.45, 2.75) is 24.9 Å². The van der Waals surface area contributed by atoms with E-state index in [0.717, 1.165) is 16.8 Å². The molecule has 0 spiro atoms. The molecule has 0 saturated carbocycles. The zero-order chi connectivity index (χ0) is 21.3. The van der Waals surface area contributed by atoms with E-state index in [9.17, 15) is 33.3 Å². The quantitative estimate of drug-likeness (QED) is 0.239. The first kappa shape index (κ1) is 23.3. The van der Waals surface area contributed by atoms with Crippen molar-refractivity contribution >= 4 is 23.5 Å². The minimum atomic E-state index is -5.67. The van der Waals surface area contributed by atoms with Gasteiger partial charge in [-0.3, -0.25) is 18.9 Å². The Kier molecular flexibility index (Phi) is 6.99. The normalized spacial score (nSPS) is 27.2. The number of ether oxygens (including phenoxy) is 1. The van der Waals surface area contributed by atoms with Crippen molar-refractivity contribution in [2.24, 2.45) is 0 Å². The fourth-order valence-electron chi connectivity index (χ4n) is 2.16. The minimum absolute atomic E-state index is 0.170. The molecule has 5 atom stereocenters. The van der Waals surface area contributed by atoms with Gasteiger partial charge in [0, 0.05) is 18.7 Å². The van der Waals surface area contributed by atoms with Crippen molar-refractivity contribution in [3.8, 4) is 0 Å². The zero-order valence-electron chi connectivity index (χ0n) is 13.5. The first-order valence-corrected chi connectivity index (χ1v) is 11.6. The van der Waals surface area contributed by atoms with Crippen molar-refractivity contribution < 1.29 is 56.3 Å². The summed E-state index contributed by atoms with van der Waals surface area (Å²) in [5.41, 5.74) is -1.50. The molecule has 0 aliphatic carbocycles. The van der Waals surface area contributed by atoms with E-state index in [0.29, 0.717) is 0 Å². The Bertz CT molecular complexity index is 965. The molecule has 1 saturated heterocycles. The zero-order valence-corrected chi connectivity index (χ0v) is 16.2. The van der Waals surface area contributed by atoms with Gasteiger partial charge in [-0.1, -0.05) is 0 Å². The molecule has 1 aliphatic rings. The van der Waals surface area contributed by atoms with Crippen LogP contribution in [0.5, 0.6) is 0 Å². The molecule has 28 heavy (non-hydrogen) atoms. The average molecular weight is 468 g/mol. The molecule has 2 unspecified atom stereocenters. The number of phosphoric ester groups is 1. The van der Waals surface area contributed by atoms with E-state index in [2.05, 4.69) is 13.1 Å². The molecule has 2 heterocycles. The highest BCUT2D eigenvalue weighted by atomic mass is 31.3. The Hall–Kier alpha value is -0.990. The van der Waals surface area contributed by atoms with Crippen LogP contribution in [0.15, 0.2) is 21.9 Å². The highest BCUT2D eigenvalue weighted by Crippen LogP contribution is 2.66. The fourth-order valence-corrected chi connectivity index (χ4v) is 5.19. The average Bonchev–Trinajstić information content (AvgIpc) is 2.82. The molecule has 2 rings (SSSR count). The van der Waals surface area contributed by atoms with Crippen molar-refractivity contribution in [3.05, 3.63) is 33.1 Å². The molecular weight excluding hydrogens is 453 g/mol. The van der Waals surface area contributed by atoms with Crippen LogP contribution in [0, 0.1) is 0 Å². The molecular formula is C9H15N2O14P3. The molecule has 0 bridgehead atoms. The topological polar surface area (TPSA) is 244 Å². The van der Waals surface area contributed by atoms with Crippen LogP contribution in [0.2, 0.25) is 0 Å². The number of hydrogen-bond acceptors (Lipinski definition) is 10. The monoisotopic (exact) mass is 468 g/mol. The lowest BCUT2D eigenvalue weighted by molar-refractivity contribution is -0.0450. The van der Waals surface area contributed by atoms with Crippen LogP contribution in [0.1, 0.15) is 12.6 Å². The van der Waals surface area contributed by atoms with Gasteiger partial charge < -0.3 is 29.4 Å². The van der Waals surface area contributed by atoms with Crippen molar-refractivity contribution in [1.82, 2.24) is 9.55 Å². The van der Waals surface area contributed by atoms with E-state index in [1.54, 1.807) is 0 Å². The van der Waals surface area contributed by atoms with Crippen molar-refractivity contribution in [3.63, 3.8) is 0 Å². The number of phosphoric acid groups is 3. The number of nitrogens with zero attached hydrogens (tertiary/aromatic N) is 1. The van der Waals surface area contributed by atoms with Crippen LogP contribution in [0.25, 0.3) is 0 Å². The maximum atomic E-state index is 11.7. The molecule has 0 amide bonds. The highest BCUT2D eigenvalue weighted by molar-refractivity contribution is 7.66. The first-order chi connectivity index (χ1) is 12.7. The summed E-state index contributed by atoms with van der Waals surface area (Å²) in [6.45, 7) is -0.876. The number of nitrogens with one attached hydrogen (secondary N) is 1. The van der Waals surface area contributed by atoms with Crippen LogP contribution in [-0.2, 0) is 31.6 Å². The van der Waals surface area contributed by atoms with Crippen LogP contribution >= 0.6 is 23.5 Å². The molecule has 0 aromatic carbocycles. The van der Waals surface area contributed by atoms with Crippen LogP contribution in [0.3, 0.4) is 0 Å². The standard InChI is InChI=1S/C9H15N2O14P3/c12-5-3-8(11-2-1-7(13)10-9(11)14)23-6(5)4-22-27(18,19)25-28(20,21)24-26(15,16)17/h1-2,5-6,8,12H,3-4H2,(H,18,19)(H,20,21)(H,10,13,14)(H2,15,16,17)/t5-,6-,8+/m0/s1. The third-order valence-electron chi connectivity index (χ3n) is 3.18. The van der Waals surface area contributed by atoms with Crippen molar-refractivity contribution in [1.29, 1.82) is 0 Å². The Morgan fingerprint density at radius 3 is 2.36 bits per heavy atom. The molecule has 1 aliphatic heterocycles. The summed E-state index contributed by atoms with van der Waals surface area (Å²) < 4.78 is 51.0. The molecule has 160 valence electrons. The second kappa shape index (κ2) is 8.40. The van der Waals surface area contributed by atoms with Gasteiger partial charge >= 0.3 is 29.2 Å². The van der Waals surface area contributed by atoms with E-state index >= 15 is 0 Å². The van der Waals surface area contributed by atoms with Gasteiger partial charge in [-0.05, 0) is 0 Å². The lowest BCUT2D eigenvalue weighted by Gasteiger charge is -2.19. The predicted molar refractivity (Wildman–Crippen MR) is 85.7 cm³/mol. The highest BCUT2D eigenvalue weighted by Gasteiger charge is 2.42. The van der Waals surface area contributed by atoms with Gasteiger partial charge in [0.05, 0.1) is 12.7 Å². The van der Waals surface area contributed by atoms with E-state index in [1.807, 2.05) is 4.98 Å². The Morgan fingerprint density at radius 2 is 1.79 bits per heavy atom. The Morgan fingerprint density at radius 1 is 1.14 bits per heavy atom.